The maximum atomic E-state index is 11.5. The van der Waals surface area contributed by atoms with Crippen LogP contribution in [0.4, 0.5) is 0 Å². The van der Waals surface area contributed by atoms with Gasteiger partial charge in [0.15, 0.2) is 12.6 Å². The van der Waals surface area contributed by atoms with E-state index in [1.165, 1.54) is 0 Å². The van der Waals surface area contributed by atoms with Crippen LogP contribution < -0.4 is 0 Å². The van der Waals surface area contributed by atoms with Gasteiger partial charge in [-0.2, -0.15) is 0 Å². The van der Waals surface area contributed by atoms with E-state index in [0.717, 1.165) is 19.3 Å². The fraction of sp³-hybridized carbons (Fsp3) is 0.929. The van der Waals surface area contributed by atoms with Crippen molar-refractivity contribution >= 4 is 5.97 Å². The Morgan fingerprint density at radius 3 is 2.89 bits per heavy atom. The van der Waals surface area contributed by atoms with Crippen molar-refractivity contribution in [2.24, 2.45) is 5.92 Å². The van der Waals surface area contributed by atoms with Crippen LogP contribution >= 0.6 is 0 Å². The summed E-state index contributed by atoms with van der Waals surface area (Å²) >= 11 is 0. The molecule has 0 N–H and O–H groups in total. The first-order chi connectivity index (χ1) is 9.15. The van der Waals surface area contributed by atoms with Crippen LogP contribution in [0.2, 0.25) is 0 Å². The van der Waals surface area contributed by atoms with E-state index in [0.29, 0.717) is 13.0 Å². The molecule has 0 aliphatic carbocycles. The predicted molar refractivity (Wildman–Crippen MR) is 68.3 cm³/mol. The monoisotopic (exact) mass is 272 g/mol. The molecule has 19 heavy (non-hydrogen) atoms. The number of rotatable bonds is 7. The lowest BCUT2D eigenvalue weighted by molar-refractivity contribution is -0.242. The van der Waals surface area contributed by atoms with Crippen LogP contribution in [0.25, 0.3) is 0 Å². The average molecular weight is 272 g/mol. The van der Waals surface area contributed by atoms with E-state index in [4.69, 9.17) is 18.9 Å². The quantitative estimate of drug-likeness (QED) is 0.525. The van der Waals surface area contributed by atoms with Crippen molar-refractivity contribution in [3.05, 3.63) is 0 Å². The molecular weight excluding hydrogens is 248 g/mol. The van der Waals surface area contributed by atoms with Crippen LogP contribution in [0.5, 0.6) is 0 Å². The van der Waals surface area contributed by atoms with E-state index in [1.807, 2.05) is 13.8 Å². The highest BCUT2D eigenvalue weighted by Gasteiger charge is 2.52. The summed E-state index contributed by atoms with van der Waals surface area (Å²) < 4.78 is 22.4. The molecule has 5 heteroatoms. The third-order valence-corrected chi connectivity index (χ3v) is 3.69. The molecule has 2 aliphatic heterocycles. The van der Waals surface area contributed by atoms with Crippen LogP contribution in [0.1, 0.15) is 46.5 Å². The molecule has 2 unspecified atom stereocenters. The summed E-state index contributed by atoms with van der Waals surface area (Å²) in [7, 11) is 0. The van der Waals surface area contributed by atoms with E-state index in [-0.39, 0.29) is 36.7 Å². The molecule has 2 heterocycles. The maximum Gasteiger partial charge on any atom is 0.306 e. The number of esters is 1. The normalized spacial score (nSPS) is 35.2. The highest BCUT2D eigenvalue weighted by Crippen LogP contribution is 2.40. The van der Waals surface area contributed by atoms with Gasteiger partial charge in [-0.15, -0.1) is 0 Å². The van der Waals surface area contributed by atoms with Crippen molar-refractivity contribution in [1.29, 1.82) is 0 Å². The molecule has 0 spiro atoms. The molecule has 0 saturated carbocycles. The van der Waals surface area contributed by atoms with Crippen LogP contribution in [0.3, 0.4) is 0 Å². The van der Waals surface area contributed by atoms with E-state index in [1.54, 1.807) is 0 Å². The second-order valence-electron chi connectivity index (χ2n) is 5.17. The Morgan fingerprint density at radius 2 is 2.21 bits per heavy atom. The van der Waals surface area contributed by atoms with Gasteiger partial charge in [-0.3, -0.25) is 4.79 Å². The third-order valence-electron chi connectivity index (χ3n) is 3.69. The number of carbonyl (C=O) groups is 1. The smallest absolute Gasteiger partial charge is 0.306 e. The first-order valence-corrected chi connectivity index (χ1v) is 7.27. The number of hydrogen-bond acceptors (Lipinski definition) is 5. The molecule has 5 nitrogen and oxygen atoms in total. The molecular formula is C14H24O5. The number of unbranched alkanes of at least 4 members (excludes halogenated alkanes) is 1. The van der Waals surface area contributed by atoms with Gasteiger partial charge in [0.1, 0.15) is 6.10 Å². The van der Waals surface area contributed by atoms with E-state index < -0.39 is 0 Å². The zero-order chi connectivity index (χ0) is 13.8. The van der Waals surface area contributed by atoms with E-state index >= 15 is 0 Å². The van der Waals surface area contributed by atoms with Crippen LogP contribution in [0, 0.1) is 5.92 Å². The fourth-order valence-electron chi connectivity index (χ4n) is 2.78. The largest absolute Gasteiger partial charge is 0.459 e. The van der Waals surface area contributed by atoms with Gasteiger partial charge in [0.05, 0.1) is 18.4 Å². The van der Waals surface area contributed by atoms with Gasteiger partial charge in [0, 0.05) is 6.61 Å². The summed E-state index contributed by atoms with van der Waals surface area (Å²) in [5.74, 6) is -0.130. The highest BCUT2D eigenvalue weighted by atomic mass is 16.8. The zero-order valence-corrected chi connectivity index (χ0v) is 12.0. The summed E-state index contributed by atoms with van der Waals surface area (Å²) in [6.07, 6.45) is 2.58. The molecule has 0 aromatic rings. The summed E-state index contributed by atoms with van der Waals surface area (Å²) in [5, 5.41) is 0. The van der Waals surface area contributed by atoms with E-state index in [9.17, 15) is 4.79 Å². The first-order valence-electron chi connectivity index (χ1n) is 7.27. The Morgan fingerprint density at radius 1 is 1.42 bits per heavy atom. The Bertz CT molecular complexity index is 306. The van der Waals surface area contributed by atoms with Crippen molar-refractivity contribution in [2.45, 2.75) is 71.2 Å². The topological polar surface area (TPSA) is 54.0 Å². The minimum absolute atomic E-state index is 0.0114. The lowest BCUT2D eigenvalue weighted by Gasteiger charge is -2.21. The van der Waals surface area contributed by atoms with Crippen LogP contribution in [-0.2, 0) is 23.7 Å². The van der Waals surface area contributed by atoms with Crippen molar-refractivity contribution in [2.75, 3.05) is 6.61 Å². The van der Waals surface area contributed by atoms with Gasteiger partial charge in [-0.25, -0.2) is 0 Å². The van der Waals surface area contributed by atoms with Gasteiger partial charge in [0.25, 0.3) is 0 Å². The zero-order valence-electron chi connectivity index (χ0n) is 12.0. The highest BCUT2D eigenvalue weighted by molar-refractivity contribution is 5.72. The molecule has 0 aromatic heterocycles. The lowest BCUT2D eigenvalue weighted by atomic mass is 9.97. The molecule has 2 aliphatic rings. The molecule has 0 amide bonds. The second-order valence-corrected chi connectivity index (χ2v) is 5.17. The second kappa shape index (κ2) is 6.68. The number of ether oxygens (including phenoxy) is 4. The standard InChI is InChI=1S/C14H24O5/c1-4-6-7-11-13-10(8-12(15)19-13)14(18-11)17-9(3)16-5-2/h9-11,13-14H,4-8H2,1-3H3/t9?,10-,11+,13+,14?/m1/s1. The van der Waals surface area contributed by atoms with Crippen molar-refractivity contribution in [1.82, 2.24) is 0 Å². The van der Waals surface area contributed by atoms with Gasteiger partial charge in [-0.05, 0) is 20.3 Å². The minimum atomic E-state index is -0.389. The molecule has 2 fully saturated rings. The van der Waals surface area contributed by atoms with Crippen LogP contribution in [-0.4, -0.2) is 37.4 Å². The minimum Gasteiger partial charge on any atom is -0.459 e. The van der Waals surface area contributed by atoms with Crippen molar-refractivity contribution in [3.8, 4) is 0 Å². The maximum absolute atomic E-state index is 11.5. The molecule has 0 aromatic carbocycles. The molecule has 2 rings (SSSR count). The lowest BCUT2D eigenvalue weighted by Crippen LogP contribution is -2.28. The number of carbonyl (C=O) groups excluding carboxylic acids is 1. The van der Waals surface area contributed by atoms with Crippen molar-refractivity contribution < 1.29 is 23.7 Å². The Kier molecular flexibility index (Phi) is 5.19. The molecule has 5 atom stereocenters. The Balaban J connectivity index is 1.94. The van der Waals surface area contributed by atoms with Crippen LogP contribution in [0.15, 0.2) is 0 Å². The molecule has 110 valence electrons. The molecule has 0 bridgehead atoms. The van der Waals surface area contributed by atoms with Gasteiger partial charge < -0.3 is 18.9 Å². The number of hydrogen-bond donors (Lipinski definition) is 0. The third kappa shape index (κ3) is 3.46. The van der Waals surface area contributed by atoms with Crippen molar-refractivity contribution in [3.63, 3.8) is 0 Å². The van der Waals surface area contributed by atoms with Gasteiger partial charge >= 0.3 is 5.97 Å². The molecule has 2 saturated heterocycles. The predicted octanol–water partition coefficient (Wildman–Crippen LogP) is 2.23. The van der Waals surface area contributed by atoms with E-state index in [2.05, 4.69) is 6.92 Å². The Hall–Kier alpha value is -0.650. The summed E-state index contributed by atoms with van der Waals surface area (Å²) in [6, 6.07) is 0. The van der Waals surface area contributed by atoms with Gasteiger partial charge in [0.2, 0.25) is 0 Å². The first kappa shape index (κ1) is 14.8. The average Bonchev–Trinajstić information content (AvgIpc) is 2.87. The summed E-state index contributed by atoms with van der Waals surface area (Å²) in [6.45, 7) is 6.50. The number of fused-ring (bicyclic) bond motifs is 1. The summed E-state index contributed by atoms with van der Waals surface area (Å²) in [5.41, 5.74) is 0. The summed E-state index contributed by atoms with van der Waals surface area (Å²) in [4.78, 5) is 11.5. The molecule has 0 radical (unpaired) electrons. The van der Waals surface area contributed by atoms with Gasteiger partial charge in [-0.1, -0.05) is 19.8 Å². The fourth-order valence-corrected chi connectivity index (χ4v) is 2.78. The Labute approximate surface area is 114 Å². The SMILES string of the molecule is CCCC[C@@H]1OC(OC(C)OCC)[C@@H]2CC(=O)O[C@H]12.